The maximum absolute atomic E-state index is 11.4. The number of nitrogens with one attached hydrogen (secondary N) is 1. The number of carbonyl (C=O) groups excluding carboxylic acids is 1. The minimum absolute atomic E-state index is 0.0537. The Kier molecular flexibility index (Phi) is 4.78. The summed E-state index contributed by atoms with van der Waals surface area (Å²) in [5.41, 5.74) is 3.60. The number of hydrogen-bond donors (Lipinski definition) is 2. The molecule has 5 heteroatoms. The number of amides is 1. The highest BCUT2D eigenvalue weighted by molar-refractivity contribution is 6.33. The summed E-state index contributed by atoms with van der Waals surface area (Å²) >= 11 is 6.45. The van der Waals surface area contributed by atoms with Gasteiger partial charge in [0.15, 0.2) is 5.75 Å². The van der Waals surface area contributed by atoms with Crippen molar-refractivity contribution in [1.29, 1.82) is 0 Å². The van der Waals surface area contributed by atoms with Gasteiger partial charge in [0.1, 0.15) is 0 Å². The number of rotatable bonds is 2. The molecular weight excluding hydrogens is 324 g/mol. The Morgan fingerprint density at radius 1 is 1.33 bits per heavy atom. The molecular formula is C19H21ClN2O2. The van der Waals surface area contributed by atoms with Crippen molar-refractivity contribution < 1.29 is 9.90 Å². The molecule has 0 bridgehead atoms. The molecule has 1 atom stereocenters. The highest BCUT2D eigenvalue weighted by Gasteiger charge is 2.27. The quantitative estimate of drug-likeness (QED) is 0.818. The molecule has 1 unspecified atom stereocenters. The molecule has 0 radical (unpaired) electrons. The van der Waals surface area contributed by atoms with Crippen LogP contribution in [0.25, 0.3) is 0 Å². The smallest absolute Gasteiger partial charge is 0.221 e. The summed E-state index contributed by atoms with van der Waals surface area (Å²) in [5, 5.41) is 13.4. The molecule has 0 saturated heterocycles. The van der Waals surface area contributed by atoms with Crippen LogP contribution >= 0.6 is 11.6 Å². The second-order valence-electron chi connectivity index (χ2n) is 6.31. The van der Waals surface area contributed by atoms with E-state index < -0.39 is 0 Å². The first-order valence-electron chi connectivity index (χ1n) is 8.02. The number of nitrogens with zero attached hydrogens (tertiary/aromatic N) is 1. The lowest BCUT2D eigenvalue weighted by atomic mass is 9.87. The third-order valence-corrected chi connectivity index (χ3v) is 4.91. The Hall–Kier alpha value is -2.04. The van der Waals surface area contributed by atoms with Crippen LogP contribution in [0.15, 0.2) is 36.4 Å². The van der Waals surface area contributed by atoms with Crippen molar-refractivity contribution in [2.75, 3.05) is 25.5 Å². The van der Waals surface area contributed by atoms with Crippen LogP contribution in [0.5, 0.6) is 5.75 Å². The SMILES string of the molecule is CC(=O)Nc1cc2c(c(Cl)c1O)CCN(C)CC2c1ccccc1. The van der Waals surface area contributed by atoms with Crippen molar-refractivity contribution in [1.82, 2.24) is 4.90 Å². The molecule has 1 heterocycles. The van der Waals surface area contributed by atoms with E-state index >= 15 is 0 Å². The van der Waals surface area contributed by atoms with Crippen molar-refractivity contribution in [3.8, 4) is 5.75 Å². The summed E-state index contributed by atoms with van der Waals surface area (Å²) in [6.07, 6.45) is 0.766. The zero-order valence-corrected chi connectivity index (χ0v) is 14.6. The topological polar surface area (TPSA) is 52.6 Å². The van der Waals surface area contributed by atoms with E-state index in [1.54, 1.807) is 0 Å². The Bertz CT molecular complexity index is 762. The first-order chi connectivity index (χ1) is 11.5. The third kappa shape index (κ3) is 3.25. The van der Waals surface area contributed by atoms with Gasteiger partial charge in [-0.1, -0.05) is 41.9 Å². The van der Waals surface area contributed by atoms with Crippen LogP contribution in [0.4, 0.5) is 5.69 Å². The minimum atomic E-state index is -0.233. The van der Waals surface area contributed by atoms with Crippen molar-refractivity contribution in [3.05, 3.63) is 58.1 Å². The normalized spacial score (nSPS) is 17.9. The van der Waals surface area contributed by atoms with E-state index in [1.165, 1.54) is 12.5 Å². The van der Waals surface area contributed by atoms with Crippen LogP contribution in [0.3, 0.4) is 0 Å². The molecule has 1 aliphatic rings. The summed E-state index contributed by atoms with van der Waals surface area (Å²) in [6, 6.07) is 12.1. The minimum Gasteiger partial charge on any atom is -0.504 e. The maximum Gasteiger partial charge on any atom is 0.221 e. The number of likely N-dealkylation sites (N-methyl/N-ethyl adjacent to an activating group) is 1. The van der Waals surface area contributed by atoms with Gasteiger partial charge < -0.3 is 15.3 Å². The zero-order chi connectivity index (χ0) is 17.3. The number of phenolic OH excluding ortho intramolecular Hbond substituents is 1. The van der Waals surface area contributed by atoms with Crippen molar-refractivity contribution in [2.24, 2.45) is 0 Å². The van der Waals surface area contributed by atoms with Gasteiger partial charge in [0.2, 0.25) is 5.91 Å². The highest BCUT2D eigenvalue weighted by atomic mass is 35.5. The summed E-state index contributed by atoms with van der Waals surface area (Å²) in [6.45, 7) is 3.15. The van der Waals surface area contributed by atoms with Gasteiger partial charge in [-0.3, -0.25) is 4.79 Å². The lowest BCUT2D eigenvalue weighted by molar-refractivity contribution is -0.114. The molecule has 2 N–H and O–H groups in total. The fourth-order valence-corrected chi connectivity index (χ4v) is 3.63. The van der Waals surface area contributed by atoms with Crippen molar-refractivity contribution >= 4 is 23.2 Å². The fraction of sp³-hybridized carbons (Fsp3) is 0.316. The number of halogens is 1. The molecule has 2 aromatic rings. The first-order valence-corrected chi connectivity index (χ1v) is 8.40. The van der Waals surface area contributed by atoms with Gasteiger partial charge in [0.05, 0.1) is 10.7 Å². The van der Waals surface area contributed by atoms with E-state index in [1.807, 2.05) is 24.3 Å². The van der Waals surface area contributed by atoms with Crippen LogP contribution in [-0.2, 0) is 11.2 Å². The second-order valence-corrected chi connectivity index (χ2v) is 6.69. The van der Waals surface area contributed by atoms with Gasteiger partial charge in [0, 0.05) is 25.9 Å². The predicted octanol–water partition coefficient (Wildman–Crippen LogP) is 3.62. The number of anilines is 1. The standard InChI is InChI=1S/C19H21ClN2O2/c1-12(23)21-17-10-15-14(18(20)19(17)24)8-9-22(2)11-16(15)13-6-4-3-5-7-13/h3-7,10,16,24H,8-9,11H2,1-2H3,(H,21,23). The molecule has 0 fully saturated rings. The summed E-state index contributed by atoms with van der Waals surface area (Å²) in [5.74, 6) is -0.149. The van der Waals surface area contributed by atoms with E-state index in [2.05, 4.69) is 29.4 Å². The van der Waals surface area contributed by atoms with E-state index in [4.69, 9.17) is 11.6 Å². The monoisotopic (exact) mass is 344 g/mol. The summed E-state index contributed by atoms with van der Waals surface area (Å²) < 4.78 is 0. The van der Waals surface area contributed by atoms with Crippen molar-refractivity contribution in [2.45, 2.75) is 19.3 Å². The number of benzene rings is 2. The zero-order valence-electron chi connectivity index (χ0n) is 13.8. The number of phenols is 1. The number of carbonyl (C=O) groups is 1. The highest BCUT2D eigenvalue weighted by Crippen LogP contribution is 2.42. The number of aromatic hydroxyl groups is 1. The number of hydrogen-bond acceptors (Lipinski definition) is 3. The largest absolute Gasteiger partial charge is 0.504 e. The van der Waals surface area contributed by atoms with E-state index in [0.717, 1.165) is 30.6 Å². The van der Waals surface area contributed by atoms with Gasteiger partial charge in [0.25, 0.3) is 0 Å². The van der Waals surface area contributed by atoms with Gasteiger partial charge in [-0.05, 0) is 36.2 Å². The van der Waals surface area contributed by atoms with Crippen LogP contribution < -0.4 is 5.32 Å². The van der Waals surface area contributed by atoms with E-state index in [-0.39, 0.29) is 17.6 Å². The number of fused-ring (bicyclic) bond motifs is 1. The predicted molar refractivity (Wildman–Crippen MR) is 96.9 cm³/mol. The molecule has 1 aliphatic heterocycles. The van der Waals surface area contributed by atoms with Gasteiger partial charge in [-0.15, -0.1) is 0 Å². The molecule has 0 aromatic heterocycles. The van der Waals surface area contributed by atoms with Crippen molar-refractivity contribution in [3.63, 3.8) is 0 Å². The lowest BCUT2D eigenvalue weighted by Gasteiger charge is -2.23. The molecule has 0 saturated carbocycles. The molecule has 2 aromatic carbocycles. The van der Waals surface area contributed by atoms with E-state index in [0.29, 0.717) is 10.7 Å². The summed E-state index contributed by atoms with van der Waals surface area (Å²) in [7, 11) is 2.09. The van der Waals surface area contributed by atoms with Gasteiger partial charge in [-0.25, -0.2) is 0 Å². The van der Waals surface area contributed by atoms with Crippen LogP contribution in [0.2, 0.25) is 5.02 Å². The molecule has 1 amide bonds. The Morgan fingerprint density at radius 3 is 2.71 bits per heavy atom. The maximum atomic E-state index is 11.4. The Labute approximate surface area is 147 Å². The molecule has 126 valence electrons. The van der Waals surface area contributed by atoms with Crippen LogP contribution in [-0.4, -0.2) is 36.1 Å². The fourth-order valence-electron chi connectivity index (χ4n) is 3.32. The first kappa shape index (κ1) is 16.8. The van der Waals surface area contributed by atoms with Gasteiger partial charge >= 0.3 is 0 Å². The van der Waals surface area contributed by atoms with Gasteiger partial charge in [-0.2, -0.15) is 0 Å². The van der Waals surface area contributed by atoms with E-state index in [9.17, 15) is 9.90 Å². The summed E-state index contributed by atoms with van der Waals surface area (Å²) in [4.78, 5) is 13.7. The average molecular weight is 345 g/mol. The average Bonchev–Trinajstić information content (AvgIpc) is 2.72. The molecule has 3 rings (SSSR count). The molecule has 24 heavy (non-hydrogen) atoms. The molecule has 4 nitrogen and oxygen atoms in total. The Balaban J connectivity index is 2.17. The molecule has 0 aliphatic carbocycles. The Morgan fingerprint density at radius 2 is 2.04 bits per heavy atom. The van der Waals surface area contributed by atoms with Crippen LogP contribution in [0.1, 0.15) is 29.5 Å². The van der Waals surface area contributed by atoms with Crippen LogP contribution in [0, 0.1) is 0 Å². The molecule has 0 spiro atoms. The lowest BCUT2D eigenvalue weighted by Crippen LogP contribution is -2.24. The second kappa shape index (κ2) is 6.83. The third-order valence-electron chi connectivity index (χ3n) is 4.50.